The number of hydrogen-bond acceptors (Lipinski definition) is 3. The van der Waals surface area contributed by atoms with Crippen molar-refractivity contribution >= 4 is 11.7 Å². The average molecular weight is 383 g/mol. The van der Waals surface area contributed by atoms with Crippen LogP contribution in [0.3, 0.4) is 0 Å². The molecule has 0 fully saturated rings. The Morgan fingerprint density at radius 3 is 2.39 bits per heavy atom. The van der Waals surface area contributed by atoms with E-state index in [2.05, 4.69) is 10.4 Å². The van der Waals surface area contributed by atoms with Crippen LogP contribution in [0.4, 0.5) is 8.78 Å². The van der Waals surface area contributed by atoms with Crippen LogP contribution in [0, 0.1) is 25.5 Å². The summed E-state index contributed by atoms with van der Waals surface area (Å²) in [5, 5.41) is 6.83. The van der Waals surface area contributed by atoms with Crippen LogP contribution in [0.15, 0.2) is 48.5 Å². The van der Waals surface area contributed by atoms with Gasteiger partial charge in [-0.2, -0.15) is 5.10 Å². The van der Waals surface area contributed by atoms with E-state index >= 15 is 0 Å². The summed E-state index contributed by atoms with van der Waals surface area (Å²) >= 11 is 0. The number of aryl methyl sites for hydroxylation is 1. The predicted molar refractivity (Wildman–Crippen MR) is 100 cm³/mol. The molecule has 0 spiro atoms. The molecule has 144 valence electrons. The van der Waals surface area contributed by atoms with E-state index in [0.717, 1.165) is 17.8 Å². The van der Waals surface area contributed by atoms with Crippen molar-refractivity contribution in [1.29, 1.82) is 0 Å². The quantitative estimate of drug-likeness (QED) is 0.538. The first-order chi connectivity index (χ1) is 13.3. The maximum Gasteiger partial charge on any atom is 0.293 e. The van der Waals surface area contributed by atoms with Crippen molar-refractivity contribution in [2.75, 3.05) is 0 Å². The summed E-state index contributed by atoms with van der Waals surface area (Å²) in [5.74, 6) is -3.14. The number of hydrogen-bond donors (Lipinski definition) is 1. The number of para-hydroxylation sites is 1. The lowest BCUT2D eigenvalue weighted by molar-refractivity contribution is -0.117. The van der Waals surface area contributed by atoms with E-state index in [1.807, 2.05) is 30.3 Å². The third kappa shape index (κ3) is 3.69. The van der Waals surface area contributed by atoms with Crippen LogP contribution in [0.2, 0.25) is 0 Å². The average Bonchev–Trinajstić information content (AvgIpc) is 2.95. The van der Waals surface area contributed by atoms with Crippen LogP contribution in [-0.4, -0.2) is 21.5 Å². The zero-order valence-electron chi connectivity index (χ0n) is 15.7. The van der Waals surface area contributed by atoms with Gasteiger partial charge in [0.15, 0.2) is 0 Å². The standard InChI is InChI=1S/C21H19F2N3O2/c1-12(17-10-9-15(22)11-18(17)23)24-21(28)20(27)19-13(2)25-26(14(19)3)16-7-5-4-6-8-16/h4-12H,1-3H3,(H,24,28). The second kappa shape index (κ2) is 7.72. The number of rotatable bonds is 5. The van der Waals surface area contributed by atoms with Crippen molar-refractivity contribution in [3.63, 3.8) is 0 Å². The SMILES string of the molecule is Cc1nn(-c2ccccc2)c(C)c1C(=O)C(=O)NC(C)c1ccc(F)cc1F. The summed E-state index contributed by atoms with van der Waals surface area (Å²) in [6.45, 7) is 4.88. The molecule has 0 aliphatic rings. The number of aromatic nitrogens is 2. The molecular weight excluding hydrogens is 364 g/mol. The Kier molecular flexibility index (Phi) is 5.35. The number of ketones is 1. The Morgan fingerprint density at radius 1 is 1.07 bits per heavy atom. The van der Waals surface area contributed by atoms with Crippen LogP contribution in [-0.2, 0) is 4.79 Å². The van der Waals surface area contributed by atoms with Crippen LogP contribution >= 0.6 is 0 Å². The van der Waals surface area contributed by atoms with Gasteiger partial charge in [0.1, 0.15) is 11.6 Å². The highest BCUT2D eigenvalue weighted by Crippen LogP contribution is 2.20. The third-order valence-corrected chi connectivity index (χ3v) is 4.50. The monoisotopic (exact) mass is 383 g/mol. The summed E-state index contributed by atoms with van der Waals surface area (Å²) in [6, 6.07) is 11.5. The molecule has 28 heavy (non-hydrogen) atoms. The van der Waals surface area contributed by atoms with Gasteiger partial charge >= 0.3 is 0 Å². The molecule has 0 saturated carbocycles. The van der Waals surface area contributed by atoms with Gasteiger partial charge in [-0.1, -0.05) is 24.3 Å². The number of halogens is 2. The van der Waals surface area contributed by atoms with Crippen LogP contribution < -0.4 is 5.32 Å². The fourth-order valence-corrected chi connectivity index (χ4v) is 3.10. The Bertz CT molecular complexity index is 1050. The van der Waals surface area contributed by atoms with Gasteiger partial charge in [-0.3, -0.25) is 9.59 Å². The van der Waals surface area contributed by atoms with E-state index in [9.17, 15) is 18.4 Å². The number of benzene rings is 2. The van der Waals surface area contributed by atoms with Crippen molar-refractivity contribution in [3.05, 3.63) is 82.7 Å². The van der Waals surface area contributed by atoms with Crippen molar-refractivity contribution in [3.8, 4) is 5.69 Å². The Labute approximate surface area is 161 Å². The van der Waals surface area contributed by atoms with Gasteiger partial charge in [0.25, 0.3) is 11.7 Å². The second-order valence-electron chi connectivity index (χ2n) is 6.48. The highest BCUT2D eigenvalue weighted by Gasteiger charge is 2.26. The largest absolute Gasteiger partial charge is 0.343 e. The lowest BCUT2D eigenvalue weighted by Gasteiger charge is -2.14. The molecule has 0 radical (unpaired) electrons. The zero-order chi connectivity index (χ0) is 20.4. The third-order valence-electron chi connectivity index (χ3n) is 4.50. The van der Waals surface area contributed by atoms with Gasteiger partial charge in [0.05, 0.1) is 28.7 Å². The fourth-order valence-electron chi connectivity index (χ4n) is 3.10. The number of carbonyl (C=O) groups is 2. The summed E-state index contributed by atoms with van der Waals surface area (Å²) in [6.07, 6.45) is 0. The van der Waals surface area contributed by atoms with E-state index in [0.29, 0.717) is 11.4 Å². The zero-order valence-corrected chi connectivity index (χ0v) is 15.7. The number of amides is 1. The highest BCUT2D eigenvalue weighted by molar-refractivity contribution is 6.43. The highest BCUT2D eigenvalue weighted by atomic mass is 19.1. The molecule has 1 N–H and O–H groups in total. The lowest BCUT2D eigenvalue weighted by atomic mass is 10.1. The Morgan fingerprint density at radius 2 is 1.75 bits per heavy atom. The van der Waals surface area contributed by atoms with E-state index in [1.165, 1.54) is 13.0 Å². The van der Waals surface area contributed by atoms with Gasteiger partial charge in [0.2, 0.25) is 0 Å². The molecule has 0 saturated heterocycles. The molecule has 3 aromatic rings. The van der Waals surface area contributed by atoms with Crippen molar-refractivity contribution in [2.45, 2.75) is 26.8 Å². The van der Waals surface area contributed by atoms with Crippen LogP contribution in [0.1, 0.15) is 40.3 Å². The van der Waals surface area contributed by atoms with Crippen LogP contribution in [0.5, 0.6) is 0 Å². The molecule has 2 aromatic carbocycles. The minimum Gasteiger partial charge on any atom is -0.343 e. The smallest absolute Gasteiger partial charge is 0.293 e. The molecule has 1 amide bonds. The fraction of sp³-hybridized carbons (Fsp3) is 0.190. The molecule has 5 nitrogen and oxygen atoms in total. The van der Waals surface area contributed by atoms with E-state index in [1.54, 1.807) is 18.5 Å². The molecule has 1 aromatic heterocycles. The van der Waals surface area contributed by atoms with Crippen molar-refractivity contribution < 1.29 is 18.4 Å². The second-order valence-corrected chi connectivity index (χ2v) is 6.48. The number of Topliss-reactive ketones (excluding diaryl/α,β-unsaturated/α-hetero) is 1. The minimum absolute atomic E-state index is 0.0935. The summed E-state index contributed by atoms with van der Waals surface area (Å²) < 4.78 is 28.6. The summed E-state index contributed by atoms with van der Waals surface area (Å²) in [5.41, 5.74) is 2.01. The molecule has 1 heterocycles. The number of carbonyl (C=O) groups excluding carboxylic acids is 2. The molecule has 7 heteroatoms. The van der Waals surface area contributed by atoms with Crippen LogP contribution in [0.25, 0.3) is 5.69 Å². The Balaban J connectivity index is 1.84. The molecule has 1 unspecified atom stereocenters. The van der Waals surface area contributed by atoms with Crippen molar-refractivity contribution in [2.24, 2.45) is 0 Å². The van der Waals surface area contributed by atoms with E-state index in [-0.39, 0.29) is 11.1 Å². The first kappa shape index (κ1) is 19.4. The molecule has 0 aliphatic heterocycles. The van der Waals surface area contributed by atoms with E-state index in [4.69, 9.17) is 0 Å². The van der Waals surface area contributed by atoms with Gasteiger partial charge in [0, 0.05) is 11.6 Å². The van der Waals surface area contributed by atoms with Gasteiger partial charge in [-0.05, 0) is 39.0 Å². The Hall–Kier alpha value is -3.35. The molecule has 3 rings (SSSR count). The lowest BCUT2D eigenvalue weighted by Crippen LogP contribution is -2.34. The normalized spacial score (nSPS) is 11.9. The molecule has 0 aliphatic carbocycles. The molecule has 1 atom stereocenters. The van der Waals surface area contributed by atoms with Gasteiger partial charge < -0.3 is 5.32 Å². The first-order valence-corrected chi connectivity index (χ1v) is 8.71. The maximum atomic E-state index is 13.9. The van der Waals surface area contributed by atoms with Gasteiger partial charge in [-0.25, -0.2) is 13.5 Å². The molecule has 0 bridgehead atoms. The molecular formula is C21H19F2N3O2. The van der Waals surface area contributed by atoms with Gasteiger partial charge in [-0.15, -0.1) is 0 Å². The summed E-state index contributed by atoms with van der Waals surface area (Å²) in [7, 11) is 0. The summed E-state index contributed by atoms with van der Waals surface area (Å²) in [4.78, 5) is 25.2. The number of nitrogens with zero attached hydrogens (tertiary/aromatic N) is 2. The number of nitrogens with one attached hydrogen (secondary N) is 1. The van der Waals surface area contributed by atoms with E-state index < -0.39 is 29.4 Å². The predicted octanol–water partition coefficient (Wildman–Crippen LogP) is 3.83. The first-order valence-electron chi connectivity index (χ1n) is 8.71. The maximum absolute atomic E-state index is 13.9. The minimum atomic E-state index is -0.880. The van der Waals surface area contributed by atoms with Crippen molar-refractivity contribution in [1.82, 2.24) is 15.1 Å². The topological polar surface area (TPSA) is 64.0 Å².